The Morgan fingerprint density at radius 3 is 2.57 bits per heavy atom. The van der Waals surface area contributed by atoms with E-state index >= 15 is 0 Å². The smallest absolute Gasteiger partial charge is 0.266 e. The fraction of sp³-hybridized carbons (Fsp3) is 0.111. The lowest BCUT2D eigenvalue weighted by atomic mass is 10.2. The van der Waals surface area contributed by atoms with E-state index in [1.165, 1.54) is 25.1 Å². The van der Waals surface area contributed by atoms with Crippen molar-refractivity contribution in [3.8, 4) is 11.8 Å². The van der Waals surface area contributed by atoms with Crippen molar-refractivity contribution in [3.05, 3.63) is 70.8 Å². The third-order valence-corrected chi connectivity index (χ3v) is 5.52. The first-order valence-corrected chi connectivity index (χ1v) is 9.48. The van der Waals surface area contributed by atoms with E-state index in [0.717, 1.165) is 10.7 Å². The zero-order valence-electron chi connectivity index (χ0n) is 14.8. The van der Waals surface area contributed by atoms with Gasteiger partial charge < -0.3 is 0 Å². The first-order valence-electron chi connectivity index (χ1n) is 7.99. The number of nitrogens with zero attached hydrogens (tertiary/aromatic N) is 4. The average molecular weight is 399 g/mol. The molecule has 3 rings (SSSR count). The Bertz CT molecular complexity index is 1230. The Morgan fingerprint density at radius 1 is 1.21 bits per heavy atom. The number of carbonyl (C=O) groups excluding carboxylic acids is 1. The molecule has 1 N–H and O–H groups in total. The van der Waals surface area contributed by atoms with Crippen molar-refractivity contribution >= 4 is 15.9 Å². The van der Waals surface area contributed by atoms with Gasteiger partial charge in [-0.2, -0.15) is 5.26 Å². The Labute approximate surface area is 160 Å². The molecule has 0 saturated carbocycles. The van der Waals surface area contributed by atoms with E-state index in [0.29, 0.717) is 5.56 Å². The van der Waals surface area contributed by atoms with E-state index < -0.39 is 21.7 Å². The van der Waals surface area contributed by atoms with E-state index in [1.807, 2.05) is 10.8 Å². The maximum Gasteiger partial charge on any atom is 0.287 e. The maximum absolute atomic E-state index is 14.2. The van der Waals surface area contributed by atoms with Crippen LogP contribution in [-0.4, -0.2) is 29.3 Å². The molecule has 28 heavy (non-hydrogen) atoms. The summed E-state index contributed by atoms with van der Waals surface area (Å²) >= 11 is 0. The summed E-state index contributed by atoms with van der Waals surface area (Å²) in [5.41, 5.74) is 0.455. The van der Waals surface area contributed by atoms with Gasteiger partial charge >= 0.3 is 0 Å². The molecule has 0 spiro atoms. The number of rotatable bonds is 4. The molecule has 0 aliphatic heterocycles. The van der Waals surface area contributed by atoms with Crippen molar-refractivity contribution in [3.63, 3.8) is 0 Å². The molecule has 0 radical (unpaired) electrons. The van der Waals surface area contributed by atoms with Gasteiger partial charge in [0.25, 0.3) is 15.9 Å². The number of halogens is 1. The van der Waals surface area contributed by atoms with E-state index in [-0.39, 0.29) is 27.5 Å². The predicted octanol–water partition coefficient (Wildman–Crippen LogP) is 2.01. The predicted molar refractivity (Wildman–Crippen MR) is 96.6 cm³/mol. The number of aromatic nitrogens is 3. The van der Waals surface area contributed by atoms with Gasteiger partial charge in [-0.1, -0.05) is 23.4 Å². The SMILES string of the molecule is Cc1ccccc1S(=O)(=O)NC(=O)c1nnn(-c2ccc(C#N)cc2F)c1C. The number of hydrogen-bond donors (Lipinski definition) is 1. The van der Waals surface area contributed by atoms with Gasteiger partial charge in [0.1, 0.15) is 11.5 Å². The average Bonchev–Trinajstić information content (AvgIpc) is 3.02. The minimum absolute atomic E-state index is 0.0233. The van der Waals surface area contributed by atoms with Crippen molar-refractivity contribution in [1.29, 1.82) is 5.26 Å². The Morgan fingerprint density at radius 2 is 1.93 bits per heavy atom. The van der Waals surface area contributed by atoms with Crippen LogP contribution in [0.15, 0.2) is 47.4 Å². The number of amides is 1. The fourth-order valence-corrected chi connectivity index (χ4v) is 3.80. The highest BCUT2D eigenvalue weighted by Gasteiger charge is 2.25. The Balaban J connectivity index is 1.93. The molecule has 1 amide bonds. The summed E-state index contributed by atoms with van der Waals surface area (Å²) in [5, 5.41) is 16.2. The summed E-state index contributed by atoms with van der Waals surface area (Å²) in [6, 6.07) is 11.8. The zero-order chi connectivity index (χ0) is 20.5. The normalized spacial score (nSPS) is 11.1. The molecule has 0 aliphatic rings. The third kappa shape index (κ3) is 3.47. The van der Waals surface area contributed by atoms with Crippen LogP contribution in [0.25, 0.3) is 5.69 Å². The summed E-state index contributed by atoms with van der Waals surface area (Å²) in [7, 11) is -4.11. The molecule has 142 valence electrons. The topological polar surface area (TPSA) is 118 Å². The van der Waals surface area contributed by atoms with Crippen LogP contribution in [0.4, 0.5) is 4.39 Å². The molecule has 8 nitrogen and oxygen atoms in total. The van der Waals surface area contributed by atoms with Crippen molar-refractivity contribution in [2.75, 3.05) is 0 Å². The fourth-order valence-electron chi connectivity index (χ4n) is 2.60. The van der Waals surface area contributed by atoms with Crippen LogP contribution in [0.5, 0.6) is 0 Å². The molecule has 1 heterocycles. The van der Waals surface area contributed by atoms with Crippen LogP contribution in [-0.2, 0) is 10.0 Å². The Hall–Kier alpha value is -3.58. The van der Waals surface area contributed by atoms with E-state index in [4.69, 9.17) is 5.26 Å². The van der Waals surface area contributed by atoms with Crippen molar-refractivity contribution in [1.82, 2.24) is 19.7 Å². The van der Waals surface area contributed by atoms with Gasteiger partial charge in [-0.15, -0.1) is 5.10 Å². The van der Waals surface area contributed by atoms with Gasteiger partial charge in [0, 0.05) is 0 Å². The molecule has 10 heteroatoms. The second-order valence-electron chi connectivity index (χ2n) is 5.91. The van der Waals surface area contributed by atoms with Gasteiger partial charge in [0.15, 0.2) is 5.69 Å². The second-order valence-corrected chi connectivity index (χ2v) is 7.56. The van der Waals surface area contributed by atoms with E-state index in [1.54, 1.807) is 25.1 Å². The number of carbonyl (C=O) groups is 1. The summed E-state index contributed by atoms with van der Waals surface area (Å²) in [5.74, 6) is -1.72. The van der Waals surface area contributed by atoms with Crippen molar-refractivity contribution in [2.24, 2.45) is 0 Å². The molecule has 0 bridgehead atoms. The van der Waals surface area contributed by atoms with Crippen molar-refractivity contribution < 1.29 is 17.6 Å². The monoisotopic (exact) mass is 399 g/mol. The summed E-state index contributed by atoms with van der Waals surface area (Å²) in [6.07, 6.45) is 0. The number of nitrogens with one attached hydrogen (secondary N) is 1. The number of aryl methyl sites for hydroxylation is 1. The molecule has 0 saturated heterocycles. The number of nitriles is 1. The first kappa shape index (κ1) is 19.2. The molecule has 2 aromatic carbocycles. The quantitative estimate of drug-likeness (QED) is 0.717. The van der Waals surface area contributed by atoms with Crippen LogP contribution in [0.2, 0.25) is 0 Å². The van der Waals surface area contributed by atoms with Gasteiger partial charge in [0.05, 0.1) is 22.2 Å². The van der Waals surface area contributed by atoms with Gasteiger partial charge in [-0.3, -0.25) is 4.79 Å². The molecule has 0 aliphatic carbocycles. The number of benzene rings is 2. The summed E-state index contributed by atoms with van der Waals surface area (Å²) < 4.78 is 42.2. The lowest BCUT2D eigenvalue weighted by Crippen LogP contribution is -2.31. The molecule has 3 aromatic rings. The standard InChI is InChI=1S/C18H14FN5O3S/c1-11-5-3-4-6-16(11)28(26,27)22-18(25)17-12(2)24(23-21-17)15-8-7-13(10-20)9-14(15)19/h3-9H,1-2H3,(H,22,25). The minimum Gasteiger partial charge on any atom is -0.266 e. The molecule has 0 fully saturated rings. The molecule has 0 unspecified atom stereocenters. The largest absolute Gasteiger partial charge is 0.287 e. The van der Waals surface area contributed by atoms with Crippen LogP contribution in [0.1, 0.15) is 27.3 Å². The van der Waals surface area contributed by atoms with Gasteiger partial charge in [-0.05, 0) is 43.7 Å². The van der Waals surface area contributed by atoms with Crippen LogP contribution in [0.3, 0.4) is 0 Å². The molecule has 1 aromatic heterocycles. The van der Waals surface area contributed by atoms with E-state index in [2.05, 4.69) is 10.3 Å². The highest BCUT2D eigenvalue weighted by atomic mass is 32.2. The van der Waals surface area contributed by atoms with Crippen LogP contribution < -0.4 is 4.72 Å². The van der Waals surface area contributed by atoms with Crippen LogP contribution >= 0.6 is 0 Å². The highest BCUT2D eigenvalue weighted by Crippen LogP contribution is 2.18. The molecular formula is C18H14FN5O3S. The zero-order valence-corrected chi connectivity index (χ0v) is 15.7. The van der Waals surface area contributed by atoms with Crippen molar-refractivity contribution in [2.45, 2.75) is 18.7 Å². The number of hydrogen-bond acceptors (Lipinski definition) is 6. The van der Waals surface area contributed by atoms with Gasteiger partial charge in [-0.25, -0.2) is 22.2 Å². The van der Waals surface area contributed by atoms with E-state index in [9.17, 15) is 17.6 Å². The third-order valence-electron chi connectivity index (χ3n) is 4.02. The van der Waals surface area contributed by atoms with Gasteiger partial charge in [0.2, 0.25) is 0 Å². The van der Waals surface area contributed by atoms with Crippen LogP contribution in [0, 0.1) is 31.0 Å². The highest BCUT2D eigenvalue weighted by molar-refractivity contribution is 7.90. The first-order chi connectivity index (χ1) is 13.2. The summed E-state index contributed by atoms with van der Waals surface area (Å²) in [4.78, 5) is 12.4. The molecule has 0 atom stereocenters. The lowest BCUT2D eigenvalue weighted by Gasteiger charge is -2.09. The minimum atomic E-state index is -4.11. The lowest BCUT2D eigenvalue weighted by molar-refractivity contribution is 0.0976. The Kier molecular flexibility index (Phi) is 4.94. The summed E-state index contributed by atoms with van der Waals surface area (Å²) in [6.45, 7) is 3.06. The number of sulfonamides is 1. The maximum atomic E-state index is 14.2. The molecular weight excluding hydrogens is 385 g/mol. The second kappa shape index (κ2) is 7.21.